The molecule has 0 saturated heterocycles. The molecule has 0 spiro atoms. The SMILES string of the molecule is O=C(Nc1ccccc1)Nc1cccc2c1CCN(C[C@@H](O)c1ccccc1)C2. The summed E-state index contributed by atoms with van der Waals surface area (Å²) in [6.07, 6.45) is 0.328. The van der Waals surface area contributed by atoms with Gasteiger partial charge in [-0.25, -0.2) is 4.79 Å². The lowest BCUT2D eigenvalue weighted by Gasteiger charge is -2.31. The maximum atomic E-state index is 12.4. The summed E-state index contributed by atoms with van der Waals surface area (Å²) in [5.41, 5.74) is 4.90. The van der Waals surface area contributed by atoms with Gasteiger partial charge in [0.1, 0.15) is 0 Å². The highest BCUT2D eigenvalue weighted by atomic mass is 16.3. The Morgan fingerprint density at radius 3 is 2.41 bits per heavy atom. The van der Waals surface area contributed by atoms with Gasteiger partial charge in [0, 0.05) is 31.0 Å². The molecule has 29 heavy (non-hydrogen) atoms. The van der Waals surface area contributed by atoms with E-state index in [-0.39, 0.29) is 6.03 Å². The zero-order valence-corrected chi connectivity index (χ0v) is 16.2. The molecule has 0 aromatic heterocycles. The minimum atomic E-state index is -0.504. The maximum Gasteiger partial charge on any atom is 0.323 e. The van der Waals surface area contributed by atoms with E-state index in [4.69, 9.17) is 0 Å². The van der Waals surface area contributed by atoms with E-state index in [1.165, 1.54) is 11.1 Å². The highest BCUT2D eigenvalue weighted by Crippen LogP contribution is 2.27. The molecule has 0 unspecified atom stereocenters. The van der Waals surface area contributed by atoms with E-state index >= 15 is 0 Å². The van der Waals surface area contributed by atoms with Crippen LogP contribution in [0.25, 0.3) is 0 Å². The molecule has 3 N–H and O–H groups in total. The maximum absolute atomic E-state index is 12.4. The number of benzene rings is 3. The summed E-state index contributed by atoms with van der Waals surface area (Å²) in [5.74, 6) is 0. The first kappa shape index (κ1) is 19.2. The second-order valence-electron chi connectivity index (χ2n) is 7.30. The molecule has 4 rings (SSSR count). The average molecular weight is 387 g/mol. The molecule has 0 saturated carbocycles. The Hall–Kier alpha value is -3.15. The summed E-state index contributed by atoms with van der Waals surface area (Å²) in [4.78, 5) is 14.6. The molecule has 3 aromatic rings. The number of urea groups is 1. The lowest BCUT2D eigenvalue weighted by molar-refractivity contribution is 0.106. The van der Waals surface area contributed by atoms with Crippen LogP contribution in [0.2, 0.25) is 0 Å². The molecule has 0 aliphatic carbocycles. The van der Waals surface area contributed by atoms with Crippen molar-refractivity contribution < 1.29 is 9.90 Å². The van der Waals surface area contributed by atoms with Crippen molar-refractivity contribution >= 4 is 17.4 Å². The van der Waals surface area contributed by atoms with Crippen molar-refractivity contribution in [3.8, 4) is 0 Å². The number of rotatable bonds is 5. The second-order valence-corrected chi connectivity index (χ2v) is 7.30. The highest BCUT2D eigenvalue weighted by Gasteiger charge is 2.21. The molecule has 1 aliphatic rings. The van der Waals surface area contributed by atoms with Crippen LogP contribution in [0.4, 0.5) is 16.2 Å². The molecular weight excluding hydrogens is 362 g/mol. The topological polar surface area (TPSA) is 64.6 Å². The molecule has 1 aliphatic heterocycles. The number of hydrogen-bond donors (Lipinski definition) is 3. The van der Waals surface area contributed by atoms with Gasteiger partial charge < -0.3 is 15.7 Å². The summed E-state index contributed by atoms with van der Waals surface area (Å²) < 4.78 is 0. The van der Waals surface area contributed by atoms with Crippen LogP contribution in [0, 0.1) is 0 Å². The van der Waals surface area contributed by atoms with Gasteiger partial charge in [0.2, 0.25) is 0 Å². The quantitative estimate of drug-likeness (QED) is 0.607. The number of nitrogens with zero attached hydrogens (tertiary/aromatic N) is 1. The van der Waals surface area contributed by atoms with Gasteiger partial charge in [0.25, 0.3) is 0 Å². The number of aliphatic hydroxyl groups is 1. The molecule has 5 nitrogen and oxygen atoms in total. The van der Waals surface area contributed by atoms with Crippen molar-refractivity contribution in [2.24, 2.45) is 0 Å². The number of anilines is 2. The molecule has 3 aromatic carbocycles. The first-order valence-electron chi connectivity index (χ1n) is 9.88. The number of fused-ring (bicyclic) bond motifs is 1. The fourth-order valence-electron chi connectivity index (χ4n) is 3.77. The Morgan fingerprint density at radius 2 is 1.66 bits per heavy atom. The van der Waals surface area contributed by atoms with Crippen LogP contribution in [0.1, 0.15) is 22.8 Å². The van der Waals surface area contributed by atoms with Gasteiger partial charge in [-0.05, 0) is 41.3 Å². The van der Waals surface area contributed by atoms with E-state index in [1.807, 2.05) is 72.8 Å². The van der Waals surface area contributed by atoms with E-state index in [1.54, 1.807) is 0 Å². The van der Waals surface area contributed by atoms with Crippen LogP contribution in [0.3, 0.4) is 0 Å². The van der Waals surface area contributed by atoms with Crippen molar-refractivity contribution in [2.45, 2.75) is 19.1 Å². The summed E-state index contributed by atoms with van der Waals surface area (Å²) in [7, 11) is 0. The highest BCUT2D eigenvalue weighted by molar-refractivity contribution is 6.00. The predicted molar refractivity (Wildman–Crippen MR) is 116 cm³/mol. The van der Waals surface area contributed by atoms with Gasteiger partial charge in [-0.2, -0.15) is 0 Å². The van der Waals surface area contributed by atoms with Gasteiger partial charge in [-0.15, -0.1) is 0 Å². The van der Waals surface area contributed by atoms with Crippen LogP contribution >= 0.6 is 0 Å². The third-order valence-electron chi connectivity index (χ3n) is 5.24. The summed E-state index contributed by atoms with van der Waals surface area (Å²) >= 11 is 0. The number of nitrogens with one attached hydrogen (secondary N) is 2. The lowest BCUT2D eigenvalue weighted by atomic mass is 9.97. The molecule has 0 fully saturated rings. The van der Waals surface area contributed by atoms with Gasteiger partial charge in [0.15, 0.2) is 0 Å². The van der Waals surface area contributed by atoms with Crippen LogP contribution < -0.4 is 10.6 Å². The third-order valence-corrected chi connectivity index (χ3v) is 5.24. The number of amides is 2. The summed E-state index contributed by atoms with van der Waals surface area (Å²) in [6.45, 7) is 2.19. The Kier molecular flexibility index (Phi) is 5.89. The Morgan fingerprint density at radius 1 is 0.931 bits per heavy atom. The average Bonchev–Trinajstić information content (AvgIpc) is 2.75. The minimum Gasteiger partial charge on any atom is -0.387 e. The van der Waals surface area contributed by atoms with Crippen molar-refractivity contribution in [3.05, 3.63) is 95.6 Å². The number of carbonyl (C=O) groups excluding carboxylic acids is 1. The Labute approximate surface area is 171 Å². The monoisotopic (exact) mass is 387 g/mol. The smallest absolute Gasteiger partial charge is 0.323 e. The Bertz CT molecular complexity index is 960. The summed E-state index contributed by atoms with van der Waals surface area (Å²) in [5, 5.41) is 16.4. The minimum absolute atomic E-state index is 0.244. The number of para-hydroxylation sites is 1. The van der Waals surface area contributed by atoms with Crippen molar-refractivity contribution in [1.29, 1.82) is 0 Å². The first-order chi connectivity index (χ1) is 14.2. The largest absolute Gasteiger partial charge is 0.387 e. The van der Waals surface area contributed by atoms with E-state index < -0.39 is 6.10 Å². The van der Waals surface area contributed by atoms with Gasteiger partial charge in [-0.3, -0.25) is 4.90 Å². The molecule has 2 amide bonds. The number of β-amino-alcohol motifs (C(OH)–C–C–N with tert-alkyl or cyclic N) is 1. The predicted octanol–water partition coefficient (Wildman–Crippen LogP) is 4.42. The molecule has 1 heterocycles. The molecule has 5 heteroatoms. The van der Waals surface area contributed by atoms with Crippen molar-refractivity contribution in [2.75, 3.05) is 23.7 Å². The molecule has 1 atom stereocenters. The molecule has 0 radical (unpaired) electrons. The van der Waals surface area contributed by atoms with Gasteiger partial charge >= 0.3 is 6.03 Å². The van der Waals surface area contributed by atoms with Crippen molar-refractivity contribution in [1.82, 2.24) is 4.90 Å². The molecule has 148 valence electrons. The second kappa shape index (κ2) is 8.90. The molecular formula is C24H25N3O2. The summed E-state index contributed by atoms with van der Waals surface area (Å²) in [6, 6.07) is 24.9. The Balaban J connectivity index is 1.40. The number of hydrogen-bond acceptors (Lipinski definition) is 3. The van der Waals surface area contributed by atoms with Gasteiger partial charge in [0.05, 0.1) is 6.10 Å². The van der Waals surface area contributed by atoms with E-state index in [2.05, 4.69) is 21.6 Å². The normalized spacial score (nSPS) is 14.7. The van der Waals surface area contributed by atoms with E-state index in [0.717, 1.165) is 36.4 Å². The van der Waals surface area contributed by atoms with Crippen LogP contribution in [0.5, 0.6) is 0 Å². The fourth-order valence-corrected chi connectivity index (χ4v) is 3.77. The van der Waals surface area contributed by atoms with Crippen LogP contribution in [-0.2, 0) is 13.0 Å². The fraction of sp³-hybridized carbons (Fsp3) is 0.208. The lowest BCUT2D eigenvalue weighted by Crippen LogP contribution is -2.34. The van der Waals surface area contributed by atoms with Crippen LogP contribution in [-0.4, -0.2) is 29.1 Å². The zero-order valence-electron chi connectivity index (χ0n) is 16.2. The van der Waals surface area contributed by atoms with E-state index in [9.17, 15) is 9.90 Å². The number of aliphatic hydroxyl groups excluding tert-OH is 1. The van der Waals surface area contributed by atoms with E-state index in [0.29, 0.717) is 6.54 Å². The molecule has 0 bridgehead atoms. The third kappa shape index (κ3) is 4.83. The van der Waals surface area contributed by atoms with Gasteiger partial charge in [-0.1, -0.05) is 60.7 Å². The zero-order chi connectivity index (χ0) is 20.1. The van der Waals surface area contributed by atoms with Crippen LogP contribution in [0.15, 0.2) is 78.9 Å². The van der Waals surface area contributed by atoms with Crippen molar-refractivity contribution in [3.63, 3.8) is 0 Å². The standard InChI is InChI=1S/C24H25N3O2/c28-23(18-8-3-1-4-9-18)17-27-15-14-21-19(16-27)10-7-13-22(21)26-24(29)25-20-11-5-2-6-12-20/h1-13,23,28H,14-17H2,(H2,25,26,29)/t23-/m1/s1. The first-order valence-corrected chi connectivity index (χ1v) is 9.88. The number of carbonyl (C=O) groups is 1.